The quantitative estimate of drug-likeness (QED) is 0.712. The van der Waals surface area contributed by atoms with Crippen molar-refractivity contribution < 1.29 is 14.6 Å². The zero-order valence-corrected chi connectivity index (χ0v) is 10.5. The molecule has 94 valence electrons. The fraction of sp³-hybridized carbons (Fsp3) is 0.917. The van der Waals surface area contributed by atoms with Crippen LogP contribution in [0.2, 0.25) is 0 Å². The first-order valence-corrected chi connectivity index (χ1v) is 5.93. The van der Waals surface area contributed by atoms with E-state index < -0.39 is 5.41 Å². The lowest BCUT2D eigenvalue weighted by Gasteiger charge is -2.39. The van der Waals surface area contributed by atoms with Crippen molar-refractivity contribution in [2.45, 2.75) is 33.6 Å². The molecule has 4 nitrogen and oxygen atoms in total. The molecule has 0 aromatic heterocycles. The Kier molecular flexibility index (Phi) is 4.33. The van der Waals surface area contributed by atoms with Gasteiger partial charge >= 0.3 is 0 Å². The maximum Gasteiger partial charge on any atom is 0.233 e. The highest BCUT2D eigenvalue weighted by molar-refractivity contribution is 5.83. The van der Waals surface area contributed by atoms with Gasteiger partial charge in [0.1, 0.15) is 5.41 Å². The molecule has 0 atom stereocenters. The van der Waals surface area contributed by atoms with Crippen molar-refractivity contribution in [2.75, 3.05) is 26.4 Å². The van der Waals surface area contributed by atoms with Crippen LogP contribution in [0, 0.1) is 10.8 Å². The Morgan fingerprint density at radius 2 is 2.12 bits per heavy atom. The fourth-order valence-corrected chi connectivity index (χ4v) is 1.91. The summed E-state index contributed by atoms with van der Waals surface area (Å²) >= 11 is 0. The van der Waals surface area contributed by atoms with Crippen molar-refractivity contribution in [1.29, 1.82) is 0 Å². The van der Waals surface area contributed by atoms with Crippen LogP contribution >= 0.6 is 0 Å². The fourth-order valence-electron chi connectivity index (χ4n) is 1.91. The number of carbonyl (C=O) groups is 1. The average molecular weight is 229 g/mol. The molecule has 0 unspecified atom stereocenters. The Bertz CT molecular complexity index is 241. The standard InChI is InChI=1S/C12H23NO3/c1-4-5-11(2,3)6-13-10(15)12(7-14)8-16-9-12/h14H,4-9H2,1-3H3,(H,13,15). The molecule has 0 saturated carbocycles. The molecule has 0 radical (unpaired) electrons. The first kappa shape index (κ1) is 13.5. The van der Waals surface area contributed by atoms with E-state index in [9.17, 15) is 9.90 Å². The van der Waals surface area contributed by atoms with E-state index in [1.807, 2.05) is 0 Å². The predicted octanol–water partition coefficient (Wildman–Crippen LogP) is 0.938. The number of hydrogen-bond donors (Lipinski definition) is 2. The minimum Gasteiger partial charge on any atom is -0.395 e. The molecular weight excluding hydrogens is 206 g/mol. The Labute approximate surface area is 97.4 Å². The number of amides is 1. The molecular formula is C12H23NO3. The van der Waals surface area contributed by atoms with Gasteiger partial charge in [-0.25, -0.2) is 0 Å². The summed E-state index contributed by atoms with van der Waals surface area (Å²) in [5.74, 6) is -0.0783. The van der Waals surface area contributed by atoms with Crippen LogP contribution in [0.1, 0.15) is 33.6 Å². The highest BCUT2D eigenvalue weighted by Gasteiger charge is 2.45. The van der Waals surface area contributed by atoms with Gasteiger partial charge in [-0.1, -0.05) is 27.2 Å². The Morgan fingerprint density at radius 3 is 2.50 bits per heavy atom. The first-order chi connectivity index (χ1) is 7.46. The van der Waals surface area contributed by atoms with Crippen molar-refractivity contribution in [2.24, 2.45) is 10.8 Å². The highest BCUT2D eigenvalue weighted by Crippen LogP contribution is 2.28. The van der Waals surface area contributed by atoms with Crippen LogP contribution in [-0.4, -0.2) is 37.4 Å². The van der Waals surface area contributed by atoms with Crippen LogP contribution in [0.3, 0.4) is 0 Å². The molecule has 0 aromatic rings. The van der Waals surface area contributed by atoms with Gasteiger partial charge in [0.2, 0.25) is 5.91 Å². The van der Waals surface area contributed by atoms with E-state index in [4.69, 9.17) is 4.74 Å². The Balaban J connectivity index is 2.40. The Hall–Kier alpha value is -0.610. The van der Waals surface area contributed by atoms with Gasteiger partial charge in [-0.15, -0.1) is 0 Å². The average Bonchev–Trinajstić information content (AvgIpc) is 2.14. The number of rotatable bonds is 6. The summed E-state index contributed by atoms with van der Waals surface area (Å²) in [6.07, 6.45) is 2.19. The third-order valence-electron chi connectivity index (χ3n) is 3.20. The summed E-state index contributed by atoms with van der Waals surface area (Å²) in [5.41, 5.74) is -0.562. The Morgan fingerprint density at radius 1 is 1.50 bits per heavy atom. The van der Waals surface area contributed by atoms with Gasteiger partial charge in [0.05, 0.1) is 19.8 Å². The normalized spacial score (nSPS) is 19.0. The van der Waals surface area contributed by atoms with Crippen LogP contribution in [-0.2, 0) is 9.53 Å². The summed E-state index contributed by atoms with van der Waals surface area (Å²) in [6, 6.07) is 0. The molecule has 4 heteroatoms. The lowest BCUT2D eigenvalue weighted by molar-refractivity contribution is -0.170. The molecule has 0 aromatic carbocycles. The maximum absolute atomic E-state index is 11.9. The highest BCUT2D eigenvalue weighted by atomic mass is 16.5. The van der Waals surface area contributed by atoms with Crippen LogP contribution < -0.4 is 5.32 Å². The molecule has 1 heterocycles. The van der Waals surface area contributed by atoms with E-state index in [0.717, 1.165) is 12.8 Å². The lowest BCUT2D eigenvalue weighted by Crippen LogP contribution is -2.57. The van der Waals surface area contributed by atoms with Crippen molar-refractivity contribution in [3.8, 4) is 0 Å². The maximum atomic E-state index is 11.9. The molecule has 1 aliphatic heterocycles. The number of aliphatic hydroxyl groups excluding tert-OH is 1. The van der Waals surface area contributed by atoms with Crippen LogP contribution in [0.15, 0.2) is 0 Å². The number of carbonyl (C=O) groups excluding carboxylic acids is 1. The second kappa shape index (κ2) is 5.15. The monoisotopic (exact) mass is 229 g/mol. The summed E-state index contributed by atoms with van der Waals surface area (Å²) in [5, 5.41) is 12.1. The molecule has 1 fully saturated rings. The van der Waals surface area contributed by atoms with E-state index in [0.29, 0.717) is 19.8 Å². The van der Waals surface area contributed by atoms with E-state index >= 15 is 0 Å². The first-order valence-electron chi connectivity index (χ1n) is 5.93. The topological polar surface area (TPSA) is 58.6 Å². The summed E-state index contributed by atoms with van der Waals surface area (Å²) in [7, 11) is 0. The molecule has 2 N–H and O–H groups in total. The van der Waals surface area contributed by atoms with Gasteiger partial charge in [-0.05, 0) is 11.8 Å². The van der Waals surface area contributed by atoms with Crippen molar-refractivity contribution in [3.05, 3.63) is 0 Å². The second-order valence-electron chi connectivity index (χ2n) is 5.53. The molecule has 0 spiro atoms. The van der Waals surface area contributed by atoms with E-state index in [1.165, 1.54) is 0 Å². The minimum absolute atomic E-state index is 0.0783. The number of hydrogen-bond acceptors (Lipinski definition) is 3. The summed E-state index contributed by atoms with van der Waals surface area (Å²) in [4.78, 5) is 11.9. The molecule has 1 aliphatic rings. The number of nitrogens with one attached hydrogen (secondary N) is 1. The summed E-state index contributed by atoms with van der Waals surface area (Å²) in [6.45, 7) is 7.61. The van der Waals surface area contributed by atoms with E-state index in [-0.39, 0.29) is 17.9 Å². The van der Waals surface area contributed by atoms with Crippen LogP contribution in [0.25, 0.3) is 0 Å². The molecule has 1 amide bonds. The third-order valence-corrected chi connectivity index (χ3v) is 3.20. The van der Waals surface area contributed by atoms with Gasteiger partial charge in [-0.3, -0.25) is 4.79 Å². The SMILES string of the molecule is CCCC(C)(C)CNC(=O)C1(CO)COC1. The smallest absolute Gasteiger partial charge is 0.233 e. The van der Waals surface area contributed by atoms with Crippen LogP contribution in [0.4, 0.5) is 0 Å². The van der Waals surface area contributed by atoms with E-state index in [1.54, 1.807) is 0 Å². The van der Waals surface area contributed by atoms with Crippen molar-refractivity contribution in [3.63, 3.8) is 0 Å². The number of aliphatic hydroxyl groups is 1. The molecule has 1 rings (SSSR count). The van der Waals surface area contributed by atoms with E-state index in [2.05, 4.69) is 26.1 Å². The zero-order chi connectivity index (χ0) is 12.2. The molecule has 0 bridgehead atoms. The molecule has 0 aliphatic carbocycles. The largest absolute Gasteiger partial charge is 0.395 e. The van der Waals surface area contributed by atoms with Gasteiger partial charge in [0, 0.05) is 6.54 Å². The predicted molar refractivity (Wildman–Crippen MR) is 62.0 cm³/mol. The second-order valence-corrected chi connectivity index (χ2v) is 5.53. The van der Waals surface area contributed by atoms with Gasteiger partial charge in [0.25, 0.3) is 0 Å². The lowest BCUT2D eigenvalue weighted by atomic mass is 9.84. The minimum atomic E-state index is -0.678. The summed E-state index contributed by atoms with van der Waals surface area (Å²) < 4.78 is 5.01. The molecule has 16 heavy (non-hydrogen) atoms. The third kappa shape index (κ3) is 2.95. The number of ether oxygens (including phenoxy) is 1. The van der Waals surface area contributed by atoms with Gasteiger partial charge in [-0.2, -0.15) is 0 Å². The van der Waals surface area contributed by atoms with Crippen LogP contribution in [0.5, 0.6) is 0 Å². The van der Waals surface area contributed by atoms with Crippen molar-refractivity contribution in [1.82, 2.24) is 5.32 Å². The zero-order valence-electron chi connectivity index (χ0n) is 10.5. The van der Waals surface area contributed by atoms with Crippen molar-refractivity contribution >= 4 is 5.91 Å². The van der Waals surface area contributed by atoms with Gasteiger partial charge < -0.3 is 15.2 Å². The van der Waals surface area contributed by atoms with Gasteiger partial charge in [0.15, 0.2) is 0 Å². The molecule has 1 saturated heterocycles.